The largest absolute Gasteiger partial charge is 0.441 e. The Balaban J connectivity index is 1.54. The first-order chi connectivity index (χ1) is 13.0. The molecule has 2 amide bonds. The van der Waals surface area contributed by atoms with Gasteiger partial charge in [-0.05, 0) is 30.7 Å². The summed E-state index contributed by atoms with van der Waals surface area (Å²) in [7, 11) is 0. The minimum atomic E-state index is -1.22. The Morgan fingerprint density at radius 1 is 1.37 bits per heavy atom. The Kier molecular flexibility index (Phi) is 4.44. The van der Waals surface area contributed by atoms with Gasteiger partial charge >= 0.3 is 6.03 Å². The fourth-order valence-corrected chi connectivity index (χ4v) is 3.05. The predicted octanol–water partition coefficient (Wildman–Crippen LogP) is 2.50. The van der Waals surface area contributed by atoms with Gasteiger partial charge in [-0.2, -0.15) is 0 Å². The number of likely N-dealkylation sites (tertiary alicyclic amines) is 1. The number of nitrogens with zero attached hydrogens (tertiary/aromatic N) is 4. The molecule has 27 heavy (non-hydrogen) atoms. The van der Waals surface area contributed by atoms with Gasteiger partial charge in [0.05, 0.1) is 18.3 Å². The first-order valence-electron chi connectivity index (χ1n) is 8.65. The molecule has 1 fully saturated rings. The molecule has 1 aliphatic rings. The maximum absolute atomic E-state index is 13.8. The highest BCUT2D eigenvalue weighted by molar-refractivity contribution is 5.91. The lowest BCUT2D eigenvalue weighted by atomic mass is 10.0. The number of aromatic nitrogens is 3. The second-order valence-electron chi connectivity index (χ2n) is 6.59. The lowest BCUT2D eigenvalue weighted by molar-refractivity contribution is 0.137. The average Bonchev–Trinajstić information content (AvgIpc) is 3.09. The monoisotopic (exact) mass is 370 g/mol. The molecule has 3 aromatic rings. The number of amides is 2. The van der Waals surface area contributed by atoms with E-state index in [4.69, 9.17) is 10.2 Å². The average molecular weight is 370 g/mol. The summed E-state index contributed by atoms with van der Waals surface area (Å²) in [5.41, 5.74) is 7.18. The Labute approximate surface area is 154 Å². The Morgan fingerprint density at radius 3 is 2.96 bits per heavy atom. The molecule has 0 bridgehead atoms. The summed E-state index contributed by atoms with van der Waals surface area (Å²) < 4.78 is 19.3. The zero-order valence-corrected chi connectivity index (χ0v) is 14.7. The SMILES string of the molecule is Cc1ncc(-c2ccc3nnc(NC(=O)N4CC[C@@H](N)[C@H](F)C4)cc3c2)o1. The lowest BCUT2D eigenvalue weighted by Gasteiger charge is -2.32. The van der Waals surface area contributed by atoms with Crippen LogP contribution in [0.25, 0.3) is 22.2 Å². The number of anilines is 1. The van der Waals surface area contributed by atoms with E-state index >= 15 is 0 Å². The minimum Gasteiger partial charge on any atom is -0.441 e. The van der Waals surface area contributed by atoms with Crippen LogP contribution in [-0.2, 0) is 0 Å². The molecule has 9 heteroatoms. The number of rotatable bonds is 2. The highest BCUT2D eigenvalue weighted by Gasteiger charge is 2.29. The molecule has 0 unspecified atom stereocenters. The number of urea groups is 1. The molecular weight excluding hydrogens is 351 g/mol. The summed E-state index contributed by atoms with van der Waals surface area (Å²) in [5, 5.41) is 11.6. The van der Waals surface area contributed by atoms with Gasteiger partial charge in [0.1, 0.15) is 6.17 Å². The van der Waals surface area contributed by atoms with Crippen LogP contribution >= 0.6 is 0 Å². The van der Waals surface area contributed by atoms with E-state index in [9.17, 15) is 9.18 Å². The van der Waals surface area contributed by atoms with E-state index in [0.29, 0.717) is 36.0 Å². The summed E-state index contributed by atoms with van der Waals surface area (Å²) >= 11 is 0. The Hall–Kier alpha value is -3.07. The number of piperidine rings is 1. The maximum Gasteiger partial charge on any atom is 0.323 e. The van der Waals surface area contributed by atoms with Gasteiger partial charge in [0.25, 0.3) is 0 Å². The third-order valence-electron chi connectivity index (χ3n) is 4.60. The molecule has 1 aliphatic heterocycles. The van der Waals surface area contributed by atoms with Gasteiger partial charge in [-0.1, -0.05) is 0 Å². The fraction of sp³-hybridized carbons (Fsp3) is 0.333. The number of aryl methyl sites for hydroxylation is 1. The molecule has 3 N–H and O–H groups in total. The quantitative estimate of drug-likeness (QED) is 0.717. The van der Waals surface area contributed by atoms with E-state index in [0.717, 1.165) is 10.9 Å². The van der Waals surface area contributed by atoms with Crippen molar-refractivity contribution < 1.29 is 13.6 Å². The highest BCUT2D eigenvalue weighted by Crippen LogP contribution is 2.25. The second kappa shape index (κ2) is 6.92. The zero-order chi connectivity index (χ0) is 19.0. The maximum atomic E-state index is 13.8. The number of hydrogen-bond donors (Lipinski definition) is 2. The third kappa shape index (κ3) is 3.59. The number of nitrogens with two attached hydrogens (primary N) is 1. The lowest BCUT2D eigenvalue weighted by Crippen LogP contribution is -2.51. The Morgan fingerprint density at radius 2 is 2.22 bits per heavy atom. The van der Waals surface area contributed by atoms with Crippen LogP contribution in [0, 0.1) is 6.92 Å². The van der Waals surface area contributed by atoms with Crippen molar-refractivity contribution in [3.8, 4) is 11.3 Å². The molecule has 0 saturated carbocycles. The van der Waals surface area contributed by atoms with Crippen LogP contribution in [0.3, 0.4) is 0 Å². The summed E-state index contributed by atoms with van der Waals surface area (Å²) in [4.78, 5) is 17.9. The highest BCUT2D eigenvalue weighted by atomic mass is 19.1. The predicted molar refractivity (Wildman–Crippen MR) is 97.9 cm³/mol. The van der Waals surface area contributed by atoms with Crippen LogP contribution in [0.2, 0.25) is 0 Å². The van der Waals surface area contributed by atoms with E-state index in [1.807, 2.05) is 18.2 Å². The molecule has 0 radical (unpaired) electrons. The second-order valence-corrected chi connectivity index (χ2v) is 6.59. The van der Waals surface area contributed by atoms with E-state index in [1.165, 1.54) is 4.90 Å². The Bertz CT molecular complexity index is 991. The van der Waals surface area contributed by atoms with Crippen LogP contribution in [0.4, 0.5) is 15.0 Å². The van der Waals surface area contributed by atoms with Crippen molar-refractivity contribution in [2.45, 2.75) is 25.6 Å². The van der Waals surface area contributed by atoms with Crippen LogP contribution < -0.4 is 11.1 Å². The van der Waals surface area contributed by atoms with Crippen molar-refractivity contribution in [1.82, 2.24) is 20.1 Å². The van der Waals surface area contributed by atoms with Crippen molar-refractivity contribution in [2.75, 3.05) is 18.4 Å². The third-order valence-corrected chi connectivity index (χ3v) is 4.60. The molecule has 4 rings (SSSR count). The molecule has 0 aliphatic carbocycles. The van der Waals surface area contributed by atoms with Gasteiger partial charge < -0.3 is 15.1 Å². The number of benzene rings is 1. The van der Waals surface area contributed by atoms with Gasteiger partial charge in [-0.15, -0.1) is 10.2 Å². The van der Waals surface area contributed by atoms with Gasteiger partial charge in [-0.3, -0.25) is 5.32 Å². The van der Waals surface area contributed by atoms with Gasteiger partial charge in [0.15, 0.2) is 17.5 Å². The van der Waals surface area contributed by atoms with E-state index < -0.39 is 18.2 Å². The normalized spacial score (nSPS) is 20.0. The van der Waals surface area contributed by atoms with Crippen molar-refractivity contribution in [3.05, 3.63) is 36.4 Å². The van der Waals surface area contributed by atoms with Gasteiger partial charge in [-0.25, -0.2) is 14.2 Å². The number of carbonyl (C=O) groups excluding carboxylic acids is 1. The first kappa shape index (κ1) is 17.3. The fourth-order valence-electron chi connectivity index (χ4n) is 3.05. The number of fused-ring (bicyclic) bond motifs is 1. The van der Waals surface area contributed by atoms with Crippen LogP contribution in [0.1, 0.15) is 12.3 Å². The number of carbonyl (C=O) groups is 1. The molecular formula is C18H19FN6O2. The van der Waals surface area contributed by atoms with Crippen molar-refractivity contribution >= 4 is 22.8 Å². The number of oxazole rings is 1. The molecule has 2 aromatic heterocycles. The van der Waals surface area contributed by atoms with Crippen LogP contribution in [0.5, 0.6) is 0 Å². The summed E-state index contributed by atoms with van der Waals surface area (Å²) in [5.74, 6) is 1.53. The summed E-state index contributed by atoms with van der Waals surface area (Å²) in [6.45, 7) is 2.16. The van der Waals surface area contributed by atoms with Crippen molar-refractivity contribution in [3.63, 3.8) is 0 Å². The van der Waals surface area contributed by atoms with E-state index in [-0.39, 0.29) is 6.54 Å². The number of nitrogens with one attached hydrogen (secondary N) is 1. The number of alkyl halides is 1. The first-order valence-corrected chi connectivity index (χ1v) is 8.65. The number of halogens is 1. The van der Waals surface area contributed by atoms with E-state index in [2.05, 4.69) is 20.5 Å². The summed E-state index contributed by atoms with van der Waals surface area (Å²) in [6.07, 6.45) is 0.861. The molecule has 3 heterocycles. The summed E-state index contributed by atoms with van der Waals surface area (Å²) in [6, 6.07) is 6.36. The van der Waals surface area contributed by atoms with E-state index in [1.54, 1.807) is 19.2 Å². The smallest absolute Gasteiger partial charge is 0.323 e. The van der Waals surface area contributed by atoms with Gasteiger partial charge in [0.2, 0.25) is 0 Å². The molecule has 140 valence electrons. The molecule has 0 spiro atoms. The van der Waals surface area contributed by atoms with Crippen molar-refractivity contribution in [1.29, 1.82) is 0 Å². The molecule has 8 nitrogen and oxygen atoms in total. The van der Waals surface area contributed by atoms with Crippen molar-refractivity contribution in [2.24, 2.45) is 5.73 Å². The van der Waals surface area contributed by atoms with Crippen LogP contribution in [0.15, 0.2) is 34.9 Å². The zero-order valence-electron chi connectivity index (χ0n) is 14.7. The minimum absolute atomic E-state index is 0.0248. The molecule has 2 atom stereocenters. The standard InChI is InChI=1S/C18H19FN6O2/c1-10-21-8-16(27-10)11-2-3-15-12(6-11)7-17(24-23-15)22-18(26)25-5-4-14(20)13(19)9-25/h2-3,6-8,13-14H,4-5,9,20H2,1H3,(H,22,24,26)/t13-,14-/m1/s1. The van der Waals surface area contributed by atoms with Crippen LogP contribution in [-0.4, -0.2) is 51.4 Å². The van der Waals surface area contributed by atoms with Gasteiger partial charge in [0, 0.05) is 30.5 Å². The molecule has 1 saturated heterocycles. The topological polar surface area (TPSA) is 110 Å². The molecule has 1 aromatic carbocycles. The number of hydrogen-bond acceptors (Lipinski definition) is 6.